The van der Waals surface area contributed by atoms with Crippen LogP contribution in [0.25, 0.3) is 33.1 Å². The molecule has 0 unspecified atom stereocenters. The van der Waals surface area contributed by atoms with Gasteiger partial charge in [-0.25, -0.2) is 0 Å². The molecule has 0 saturated heterocycles. The Morgan fingerprint density at radius 1 is 0.737 bits per heavy atom. The third-order valence-electron chi connectivity index (χ3n) is 3.42. The number of rotatable bonds is 1. The Bertz CT molecular complexity index is 857. The van der Waals surface area contributed by atoms with Crippen LogP contribution in [0.2, 0.25) is 0 Å². The van der Waals surface area contributed by atoms with Crippen LogP contribution in [0.5, 0.6) is 0 Å². The van der Waals surface area contributed by atoms with Crippen molar-refractivity contribution in [2.45, 2.75) is 0 Å². The monoisotopic (exact) mass is 243 g/mol. The van der Waals surface area contributed by atoms with Gasteiger partial charge in [0.05, 0.1) is 0 Å². The van der Waals surface area contributed by atoms with E-state index in [9.17, 15) is 0 Å². The van der Waals surface area contributed by atoms with Gasteiger partial charge in [0.2, 0.25) is 0 Å². The Morgan fingerprint density at radius 3 is 2.53 bits per heavy atom. The fourth-order valence-electron chi connectivity index (χ4n) is 2.48. The van der Waals surface area contributed by atoms with Crippen LogP contribution in [0, 0.1) is 6.07 Å². The van der Waals surface area contributed by atoms with Gasteiger partial charge in [-0.2, -0.15) is 0 Å². The maximum atomic E-state index is 5.81. The van der Waals surface area contributed by atoms with E-state index in [0.29, 0.717) is 0 Å². The molecule has 19 heavy (non-hydrogen) atoms. The van der Waals surface area contributed by atoms with Crippen LogP contribution < -0.4 is 0 Å². The lowest BCUT2D eigenvalue weighted by Crippen LogP contribution is -1.76. The molecule has 1 aromatic heterocycles. The third kappa shape index (κ3) is 1.63. The summed E-state index contributed by atoms with van der Waals surface area (Å²) in [5.41, 5.74) is 4.25. The molecule has 0 atom stereocenters. The van der Waals surface area contributed by atoms with Gasteiger partial charge in [0.15, 0.2) is 0 Å². The lowest BCUT2D eigenvalue weighted by Gasteiger charge is -2.00. The zero-order chi connectivity index (χ0) is 12.7. The van der Waals surface area contributed by atoms with E-state index >= 15 is 0 Å². The van der Waals surface area contributed by atoms with Crippen molar-refractivity contribution in [2.75, 3.05) is 0 Å². The molecule has 1 nitrogen and oxygen atoms in total. The van der Waals surface area contributed by atoms with Gasteiger partial charge >= 0.3 is 0 Å². The second kappa shape index (κ2) is 3.99. The van der Waals surface area contributed by atoms with Gasteiger partial charge in [0.25, 0.3) is 0 Å². The summed E-state index contributed by atoms with van der Waals surface area (Å²) >= 11 is 0. The fraction of sp³-hybridized carbons (Fsp3) is 0. The average Bonchev–Trinajstić information content (AvgIpc) is 2.86. The Hall–Kier alpha value is -2.54. The normalized spacial score (nSPS) is 11.2. The predicted molar refractivity (Wildman–Crippen MR) is 78.0 cm³/mol. The van der Waals surface area contributed by atoms with Crippen LogP contribution in [-0.4, -0.2) is 0 Å². The molecular weight excluding hydrogens is 232 g/mol. The highest BCUT2D eigenvalue weighted by Crippen LogP contribution is 2.31. The highest BCUT2D eigenvalue weighted by molar-refractivity contribution is 6.06. The summed E-state index contributed by atoms with van der Waals surface area (Å²) in [6.45, 7) is 0. The van der Waals surface area contributed by atoms with Crippen LogP contribution in [0.4, 0.5) is 0 Å². The highest BCUT2D eigenvalue weighted by atomic mass is 16.3. The molecule has 1 radical (unpaired) electrons. The van der Waals surface area contributed by atoms with Gasteiger partial charge in [-0.05, 0) is 41.5 Å². The maximum Gasteiger partial charge on any atom is 0.136 e. The number of hydrogen-bond donors (Lipinski definition) is 0. The first-order valence-corrected chi connectivity index (χ1v) is 6.29. The lowest BCUT2D eigenvalue weighted by molar-refractivity contribution is 0.669. The predicted octanol–water partition coefficient (Wildman–Crippen LogP) is 5.05. The number of furan rings is 1. The zero-order valence-electron chi connectivity index (χ0n) is 10.3. The molecule has 0 saturated carbocycles. The molecule has 4 aromatic rings. The Labute approximate surface area is 111 Å². The molecule has 1 heterocycles. The van der Waals surface area contributed by atoms with Crippen molar-refractivity contribution in [3.8, 4) is 11.1 Å². The largest absolute Gasteiger partial charge is 0.456 e. The minimum absolute atomic E-state index is 0.891. The lowest BCUT2D eigenvalue weighted by atomic mass is 10.0. The maximum absolute atomic E-state index is 5.81. The van der Waals surface area contributed by atoms with E-state index in [4.69, 9.17) is 4.42 Å². The van der Waals surface area contributed by atoms with E-state index in [2.05, 4.69) is 48.5 Å². The van der Waals surface area contributed by atoms with Crippen molar-refractivity contribution in [3.05, 3.63) is 72.8 Å². The molecule has 89 valence electrons. The molecule has 0 spiro atoms. The quantitative estimate of drug-likeness (QED) is 0.455. The van der Waals surface area contributed by atoms with Crippen LogP contribution >= 0.6 is 0 Å². The van der Waals surface area contributed by atoms with E-state index in [-0.39, 0.29) is 0 Å². The average molecular weight is 243 g/mol. The van der Waals surface area contributed by atoms with Crippen molar-refractivity contribution in [3.63, 3.8) is 0 Å². The van der Waals surface area contributed by atoms with Gasteiger partial charge in [-0.1, -0.05) is 42.5 Å². The van der Waals surface area contributed by atoms with Crippen LogP contribution in [0.15, 0.2) is 71.1 Å². The summed E-state index contributed by atoms with van der Waals surface area (Å²) in [6, 6.07) is 25.6. The van der Waals surface area contributed by atoms with E-state index < -0.39 is 0 Å². The summed E-state index contributed by atoms with van der Waals surface area (Å²) < 4.78 is 5.81. The fourth-order valence-corrected chi connectivity index (χ4v) is 2.48. The van der Waals surface area contributed by atoms with Crippen LogP contribution in [0.3, 0.4) is 0 Å². The number of benzene rings is 3. The molecule has 0 N–H and O–H groups in total. The van der Waals surface area contributed by atoms with Gasteiger partial charge in [0, 0.05) is 10.8 Å². The summed E-state index contributed by atoms with van der Waals surface area (Å²) in [5, 5.41) is 2.30. The van der Waals surface area contributed by atoms with E-state index in [1.165, 1.54) is 11.1 Å². The molecule has 3 aromatic carbocycles. The first-order chi connectivity index (χ1) is 9.42. The Kier molecular flexibility index (Phi) is 2.18. The van der Waals surface area contributed by atoms with Crippen molar-refractivity contribution in [1.82, 2.24) is 0 Å². The molecule has 0 aliphatic rings. The molecule has 1 heteroatoms. The van der Waals surface area contributed by atoms with Gasteiger partial charge in [0.1, 0.15) is 11.2 Å². The third-order valence-corrected chi connectivity index (χ3v) is 3.42. The minimum atomic E-state index is 0.891. The molecule has 0 bridgehead atoms. The smallest absolute Gasteiger partial charge is 0.136 e. The summed E-state index contributed by atoms with van der Waals surface area (Å²) in [5.74, 6) is 0. The zero-order valence-corrected chi connectivity index (χ0v) is 10.3. The molecule has 0 amide bonds. The number of hydrogen-bond acceptors (Lipinski definition) is 1. The van der Waals surface area contributed by atoms with Crippen molar-refractivity contribution < 1.29 is 4.42 Å². The summed E-state index contributed by atoms with van der Waals surface area (Å²) in [4.78, 5) is 0. The molecular formula is C18H11O. The SMILES string of the molecule is [c]1ccc2c(c1)oc1ccc(-c3ccccc3)cc12. The van der Waals surface area contributed by atoms with E-state index in [1.807, 2.05) is 24.3 Å². The van der Waals surface area contributed by atoms with Crippen molar-refractivity contribution >= 4 is 21.9 Å². The van der Waals surface area contributed by atoms with Crippen molar-refractivity contribution in [1.29, 1.82) is 0 Å². The topological polar surface area (TPSA) is 13.1 Å². The molecule has 0 aliphatic carbocycles. The molecule has 4 rings (SSSR count). The minimum Gasteiger partial charge on any atom is -0.456 e. The van der Waals surface area contributed by atoms with Gasteiger partial charge in [-0.3, -0.25) is 0 Å². The summed E-state index contributed by atoms with van der Waals surface area (Å²) in [6.07, 6.45) is 0. The highest BCUT2D eigenvalue weighted by Gasteiger charge is 2.07. The first-order valence-electron chi connectivity index (χ1n) is 6.29. The van der Waals surface area contributed by atoms with E-state index in [1.54, 1.807) is 0 Å². The van der Waals surface area contributed by atoms with E-state index in [0.717, 1.165) is 21.9 Å². The second-order valence-corrected chi connectivity index (χ2v) is 4.60. The van der Waals surface area contributed by atoms with Crippen molar-refractivity contribution in [2.24, 2.45) is 0 Å². The van der Waals surface area contributed by atoms with Crippen LogP contribution in [-0.2, 0) is 0 Å². The summed E-state index contributed by atoms with van der Waals surface area (Å²) in [7, 11) is 0. The molecule has 0 fully saturated rings. The standard InChI is InChI=1S/C18H11O/c1-2-6-13(7-3-1)14-10-11-18-16(12-14)15-8-4-5-9-17(15)19-18/h1-4,6-12H. The van der Waals surface area contributed by atoms with Crippen LogP contribution in [0.1, 0.15) is 0 Å². The first kappa shape index (κ1) is 10.4. The van der Waals surface area contributed by atoms with Gasteiger partial charge < -0.3 is 4.42 Å². The second-order valence-electron chi connectivity index (χ2n) is 4.60. The van der Waals surface area contributed by atoms with Gasteiger partial charge in [-0.15, -0.1) is 0 Å². The molecule has 0 aliphatic heterocycles. The number of fused-ring (bicyclic) bond motifs is 3. The Morgan fingerprint density at radius 2 is 1.63 bits per heavy atom. The Balaban J connectivity index is 2.03.